The fraction of sp³-hybridized carbons (Fsp3) is 0.889. The van der Waals surface area contributed by atoms with Crippen molar-refractivity contribution < 1.29 is 19.0 Å². The molecule has 0 spiro atoms. The average Bonchev–Trinajstić information content (AvgIpc) is 2.67. The first-order valence-electron chi connectivity index (χ1n) is 4.80. The zero-order chi connectivity index (χ0) is 10.1. The van der Waals surface area contributed by atoms with Crippen molar-refractivity contribution in [1.82, 2.24) is 5.32 Å². The maximum absolute atomic E-state index is 10.8. The Morgan fingerprint density at radius 1 is 1.36 bits per heavy atom. The highest BCUT2D eigenvalue weighted by Gasteiger charge is 2.48. The van der Waals surface area contributed by atoms with Crippen molar-refractivity contribution in [3.63, 3.8) is 0 Å². The molecule has 0 saturated carbocycles. The van der Waals surface area contributed by atoms with Gasteiger partial charge in [-0.25, -0.2) is 0 Å². The molecule has 0 amide bonds. The van der Waals surface area contributed by atoms with E-state index in [2.05, 4.69) is 5.32 Å². The first kappa shape index (κ1) is 9.89. The van der Waals surface area contributed by atoms with E-state index in [1.807, 2.05) is 7.05 Å². The molecule has 1 unspecified atom stereocenters. The van der Waals surface area contributed by atoms with Gasteiger partial charge < -0.3 is 19.5 Å². The molecule has 2 heterocycles. The number of hydrogen-bond acceptors (Lipinski definition) is 5. The van der Waals surface area contributed by atoms with Crippen molar-refractivity contribution in [1.29, 1.82) is 0 Å². The van der Waals surface area contributed by atoms with Gasteiger partial charge in [-0.1, -0.05) is 0 Å². The summed E-state index contributed by atoms with van der Waals surface area (Å²) in [6, 6.07) is 0.209. The highest BCUT2D eigenvalue weighted by atomic mass is 16.6. The fourth-order valence-electron chi connectivity index (χ4n) is 2.03. The summed E-state index contributed by atoms with van der Waals surface area (Å²) < 4.78 is 16.2. The number of ether oxygens (including phenoxy) is 3. The number of fused-ring (bicyclic) bond motifs is 1. The van der Waals surface area contributed by atoms with Gasteiger partial charge in [0, 0.05) is 6.92 Å². The molecule has 0 aromatic heterocycles. The maximum Gasteiger partial charge on any atom is 0.303 e. The van der Waals surface area contributed by atoms with Crippen molar-refractivity contribution in [3.8, 4) is 0 Å². The van der Waals surface area contributed by atoms with E-state index in [1.54, 1.807) is 0 Å². The number of carbonyl (C=O) groups excluding carboxylic acids is 1. The lowest BCUT2D eigenvalue weighted by Crippen LogP contribution is -2.39. The minimum atomic E-state index is -0.282. The van der Waals surface area contributed by atoms with E-state index in [-0.39, 0.29) is 30.3 Å². The number of esters is 1. The average molecular weight is 201 g/mol. The molecular formula is C9H15NO4. The molecule has 5 heteroatoms. The SMILES string of the molecule is CN[C@H]1CO[C@H]2C1OC[C@@H]2OC(C)=O. The molecule has 2 aliphatic rings. The first-order valence-corrected chi connectivity index (χ1v) is 4.80. The third-order valence-electron chi connectivity index (χ3n) is 2.70. The van der Waals surface area contributed by atoms with Crippen molar-refractivity contribution >= 4 is 5.97 Å². The van der Waals surface area contributed by atoms with Crippen LogP contribution in [0.4, 0.5) is 0 Å². The predicted octanol–water partition coefficient (Wildman–Crippen LogP) is -0.696. The summed E-state index contributed by atoms with van der Waals surface area (Å²) in [5.74, 6) is -0.282. The first-order chi connectivity index (χ1) is 6.72. The summed E-state index contributed by atoms with van der Waals surface area (Å²) in [6.07, 6.45) is -0.323. The van der Waals surface area contributed by atoms with E-state index in [4.69, 9.17) is 14.2 Å². The second-order valence-corrected chi connectivity index (χ2v) is 3.64. The lowest BCUT2D eigenvalue weighted by molar-refractivity contribution is -0.150. The number of hydrogen-bond donors (Lipinski definition) is 1. The molecule has 14 heavy (non-hydrogen) atoms. The topological polar surface area (TPSA) is 56.8 Å². The Kier molecular flexibility index (Phi) is 2.71. The Bertz CT molecular complexity index is 233. The van der Waals surface area contributed by atoms with Gasteiger partial charge in [-0.15, -0.1) is 0 Å². The van der Waals surface area contributed by atoms with Gasteiger partial charge in [0.15, 0.2) is 6.10 Å². The van der Waals surface area contributed by atoms with Crippen molar-refractivity contribution in [3.05, 3.63) is 0 Å². The molecule has 0 aromatic rings. The molecule has 4 atom stereocenters. The van der Waals surface area contributed by atoms with E-state index < -0.39 is 0 Å². The smallest absolute Gasteiger partial charge is 0.303 e. The third-order valence-corrected chi connectivity index (χ3v) is 2.70. The van der Waals surface area contributed by atoms with Gasteiger partial charge in [-0.3, -0.25) is 4.79 Å². The van der Waals surface area contributed by atoms with E-state index >= 15 is 0 Å². The van der Waals surface area contributed by atoms with Gasteiger partial charge in [-0.05, 0) is 7.05 Å². The second kappa shape index (κ2) is 3.84. The number of rotatable bonds is 2. The van der Waals surface area contributed by atoms with Crippen LogP contribution >= 0.6 is 0 Å². The molecule has 2 saturated heterocycles. The summed E-state index contributed by atoms with van der Waals surface area (Å²) in [5, 5.41) is 3.12. The molecule has 2 aliphatic heterocycles. The van der Waals surface area contributed by atoms with Crippen molar-refractivity contribution in [2.75, 3.05) is 20.3 Å². The Hall–Kier alpha value is -0.650. The van der Waals surface area contributed by atoms with Gasteiger partial charge in [0.2, 0.25) is 0 Å². The molecule has 0 aliphatic carbocycles. The van der Waals surface area contributed by atoms with Gasteiger partial charge >= 0.3 is 5.97 Å². The predicted molar refractivity (Wildman–Crippen MR) is 47.9 cm³/mol. The summed E-state index contributed by atoms with van der Waals surface area (Å²) in [5.41, 5.74) is 0. The van der Waals surface area contributed by atoms with Crippen LogP contribution in [0.2, 0.25) is 0 Å². The molecule has 2 rings (SSSR count). The van der Waals surface area contributed by atoms with Gasteiger partial charge in [0.25, 0.3) is 0 Å². The molecule has 0 aromatic carbocycles. The van der Waals surface area contributed by atoms with Crippen LogP contribution in [0.25, 0.3) is 0 Å². The molecule has 2 fully saturated rings. The van der Waals surface area contributed by atoms with Crippen LogP contribution in [0.3, 0.4) is 0 Å². The molecular weight excluding hydrogens is 186 g/mol. The van der Waals surface area contributed by atoms with Crippen LogP contribution in [0.5, 0.6) is 0 Å². The zero-order valence-electron chi connectivity index (χ0n) is 8.36. The van der Waals surface area contributed by atoms with Crippen LogP contribution in [0.1, 0.15) is 6.92 Å². The number of likely N-dealkylation sites (N-methyl/N-ethyl adjacent to an activating group) is 1. The normalized spacial score (nSPS) is 41.0. The minimum Gasteiger partial charge on any atom is -0.457 e. The number of nitrogens with one attached hydrogen (secondary N) is 1. The molecule has 1 N–H and O–H groups in total. The minimum absolute atomic E-state index is 0.0179. The van der Waals surface area contributed by atoms with Gasteiger partial charge in [0.05, 0.1) is 19.3 Å². The van der Waals surface area contributed by atoms with E-state index in [0.29, 0.717) is 13.2 Å². The Morgan fingerprint density at radius 2 is 2.07 bits per heavy atom. The van der Waals surface area contributed by atoms with Crippen LogP contribution in [-0.2, 0) is 19.0 Å². The summed E-state index contributed by atoms with van der Waals surface area (Å²) in [4.78, 5) is 10.8. The summed E-state index contributed by atoms with van der Waals surface area (Å²) >= 11 is 0. The monoisotopic (exact) mass is 201 g/mol. The molecule has 0 bridgehead atoms. The standard InChI is InChI=1S/C9H15NO4/c1-5(11)14-7-4-13-8-6(10-2)3-12-9(7)8/h6-10H,3-4H2,1-2H3/t6-,7-,8?,9+/m0/s1. The van der Waals surface area contributed by atoms with Crippen LogP contribution in [0.15, 0.2) is 0 Å². The van der Waals surface area contributed by atoms with Crippen LogP contribution < -0.4 is 5.32 Å². The lowest BCUT2D eigenvalue weighted by atomic mass is 10.1. The Labute approximate surface area is 82.7 Å². The van der Waals surface area contributed by atoms with Crippen LogP contribution in [-0.4, -0.2) is 50.6 Å². The highest BCUT2D eigenvalue weighted by Crippen LogP contribution is 2.28. The number of carbonyl (C=O) groups is 1. The van der Waals surface area contributed by atoms with Gasteiger partial charge in [0.1, 0.15) is 12.2 Å². The van der Waals surface area contributed by atoms with E-state index in [9.17, 15) is 4.79 Å². The quantitative estimate of drug-likeness (QED) is 0.599. The highest BCUT2D eigenvalue weighted by molar-refractivity contribution is 5.66. The van der Waals surface area contributed by atoms with Crippen molar-refractivity contribution in [2.45, 2.75) is 31.3 Å². The molecule has 5 nitrogen and oxygen atoms in total. The second-order valence-electron chi connectivity index (χ2n) is 3.64. The Balaban J connectivity index is 1.97. The Morgan fingerprint density at radius 3 is 2.71 bits per heavy atom. The zero-order valence-corrected chi connectivity index (χ0v) is 8.36. The summed E-state index contributed by atoms with van der Waals surface area (Å²) in [7, 11) is 1.87. The fourth-order valence-corrected chi connectivity index (χ4v) is 2.03. The summed E-state index contributed by atoms with van der Waals surface area (Å²) in [6.45, 7) is 2.45. The van der Waals surface area contributed by atoms with E-state index in [1.165, 1.54) is 6.92 Å². The van der Waals surface area contributed by atoms with E-state index in [0.717, 1.165) is 0 Å². The van der Waals surface area contributed by atoms with Crippen LogP contribution in [0, 0.1) is 0 Å². The van der Waals surface area contributed by atoms with Gasteiger partial charge in [-0.2, -0.15) is 0 Å². The van der Waals surface area contributed by atoms with Crippen molar-refractivity contribution in [2.24, 2.45) is 0 Å². The lowest BCUT2D eigenvalue weighted by Gasteiger charge is -2.15. The molecule has 0 radical (unpaired) electrons. The third kappa shape index (κ3) is 1.63. The largest absolute Gasteiger partial charge is 0.457 e. The molecule has 80 valence electrons. The maximum atomic E-state index is 10.8.